The molecule has 1 saturated heterocycles. The van der Waals surface area contributed by atoms with Gasteiger partial charge in [-0.1, -0.05) is 168 Å². The minimum atomic E-state index is -2.94. The lowest BCUT2D eigenvalue weighted by molar-refractivity contribution is -0.318. The summed E-state index contributed by atoms with van der Waals surface area (Å²) in [4.78, 5) is 11.4. The molecule has 0 aromatic heterocycles. The maximum atomic E-state index is 12.2. The summed E-state index contributed by atoms with van der Waals surface area (Å²) in [7, 11) is -1.52. The van der Waals surface area contributed by atoms with E-state index in [9.17, 15) is 9.90 Å². The molecule has 1 heterocycles. The summed E-state index contributed by atoms with van der Waals surface area (Å²) in [5, 5.41) is 14.3. The summed E-state index contributed by atoms with van der Waals surface area (Å²) in [6.07, 6.45) is 2.05. The molecule has 0 amide bonds. The molecule has 4 aromatic rings. The van der Waals surface area contributed by atoms with E-state index in [0.29, 0.717) is 13.0 Å². The topological polar surface area (TPSA) is 92.7 Å². The Kier molecular flexibility index (Phi) is 16.7. The van der Waals surface area contributed by atoms with E-state index in [1.807, 2.05) is 72.8 Å². The molecule has 5 rings (SSSR count). The Balaban J connectivity index is 1.38. The van der Waals surface area contributed by atoms with Crippen molar-refractivity contribution in [3.63, 3.8) is 0 Å². The van der Waals surface area contributed by atoms with Crippen molar-refractivity contribution in [3.8, 4) is 0 Å². The Morgan fingerprint density at radius 1 is 0.655 bits per heavy atom. The van der Waals surface area contributed by atoms with Crippen molar-refractivity contribution < 1.29 is 38.0 Å². The molecular weight excluding hydrogens is 709 g/mol. The third kappa shape index (κ3) is 11.9. The molecule has 1 fully saturated rings. The van der Waals surface area contributed by atoms with Crippen LogP contribution in [0.15, 0.2) is 121 Å². The molecule has 55 heavy (non-hydrogen) atoms. The number of methoxy groups -OCH3 is 1. The van der Waals surface area contributed by atoms with Crippen LogP contribution in [0.3, 0.4) is 0 Å². The van der Waals surface area contributed by atoms with Gasteiger partial charge >= 0.3 is 5.97 Å². The van der Waals surface area contributed by atoms with E-state index in [-0.39, 0.29) is 30.8 Å². The second kappa shape index (κ2) is 21.6. The molecule has 4 aromatic carbocycles. The first kappa shape index (κ1) is 42.5. The SMILES string of the molecule is COC(=O)CCCCCCCCO[C@@H]1O[C@H](CO[Si](c2ccccc2)(c2ccccc2)C(C)(C)C)[C@@H](OCc2ccccc2)[C@H](O)[C@@H]1OCc1ccccc1. The predicted molar refractivity (Wildman–Crippen MR) is 219 cm³/mol. The molecule has 9 heteroatoms. The third-order valence-electron chi connectivity index (χ3n) is 10.4. The quantitative estimate of drug-likeness (QED) is 0.0523. The Morgan fingerprint density at radius 2 is 1.13 bits per heavy atom. The minimum Gasteiger partial charge on any atom is -0.469 e. The van der Waals surface area contributed by atoms with Crippen molar-refractivity contribution in [2.24, 2.45) is 0 Å². The number of unbranched alkanes of at least 4 members (excludes halogenated alkanes) is 5. The zero-order valence-corrected chi connectivity index (χ0v) is 34.0. The average Bonchev–Trinajstić information content (AvgIpc) is 3.20. The summed E-state index contributed by atoms with van der Waals surface area (Å²) >= 11 is 0. The Morgan fingerprint density at radius 3 is 1.64 bits per heavy atom. The van der Waals surface area contributed by atoms with Crippen LogP contribution in [-0.4, -0.2) is 70.4 Å². The van der Waals surface area contributed by atoms with Crippen LogP contribution in [0.25, 0.3) is 0 Å². The van der Waals surface area contributed by atoms with Crippen LogP contribution in [0.5, 0.6) is 0 Å². The second-order valence-electron chi connectivity index (χ2n) is 15.3. The molecule has 1 aliphatic rings. The number of ether oxygens (including phenoxy) is 5. The standard InChI is InChI=1S/C46H60O8Si/c1-46(2,3)55(38-27-17-11-18-28-38,39-29-19-12-20-30-39)53-35-40-43(51-33-36-23-13-9-14-24-36)42(48)44(52-34-37-25-15-10-16-26-37)45(54-40)50-32-22-8-6-5-7-21-31-41(47)49-4/h9-20,23-30,40,42-45,48H,5-8,21-22,31-35H2,1-4H3/t40-,42+,43-,44+,45-/m1/s1. The number of hydrogen-bond donors (Lipinski definition) is 1. The van der Waals surface area contributed by atoms with Gasteiger partial charge in [0, 0.05) is 13.0 Å². The lowest BCUT2D eigenvalue weighted by Gasteiger charge is -2.47. The van der Waals surface area contributed by atoms with Gasteiger partial charge in [-0.15, -0.1) is 0 Å². The Bertz CT molecular complexity index is 1610. The molecular formula is C46H60O8Si. The fourth-order valence-electron chi connectivity index (χ4n) is 7.43. The van der Waals surface area contributed by atoms with Gasteiger partial charge in [-0.3, -0.25) is 4.79 Å². The smallest absolute Gasteiger partial charge is 0.305 e. The molecule has 0 spiro atoms. The number of aliphatic hydroxyl groups excluding tert-OH is 1. The molecule has 1 aliphatic heterocycles. The van der Waals surface area contributed by atoms with Gasteiger partial charge in [-0.25, -0.2) is 0 Å². The van der Waals surface area contributed by atoms with E-state index < -0.39 is 39.0 Å². The Labute approximate surface area is 329 Å². The first-order chi connectivity index (χ1) is 26.7. The molecule has 0 radical (unpaired) electrons. The largest absolute Gasteiger partial charge is 0.469 e. The van der Waals surface area contributed by atoms with Crippen LogP contribution in [0.2, 0.25) is 5.04 Å². The van der Waals surface area contributed by atoms with Gasteiger partial charge in [0.15, 0.2) is 6.29 Å². The number of esters is 1. The number of carbonyl (C=O) groups excluding carboxylic acids is 1. The highest BCUT2D eigenvalue weighted by atomic mass is 28.4. The van der Waals surface area contributed by atoms with Gasteiger partial charge in [-0.2, -0.15) is 0 Å². The molecule has 0 unspecified atom stereocenters. The zero-order valence-electron chi connectivity index (χ0n) is 33.0. The van der Waals surface area contributed by atoms with Crippen molar-refractivity contribution in [3.05, 3.63) is 132 Å². The van der Waals surface area contributed by atoms with Gasteiger partial charge in [0.05, 0.1) is 26.9 Å². The van der Waals surface area contributed by atoms with Gasteiger partial charge in [-0.05, 0) is 39.4 Å². The number of hydrogen-bond acceptors (Lipinski definition) is 8. The number of carbonyl (C=O) groups is 1. The molecule has 1 N–H and O–H groups in total. The highest BCUT2D eigenvalue weighted by molar-refractivity contribution is 6.99. The molecule has 0 aliphatic carbocycles. The zero-order chi connectivity index (χ0) is 38.9. The van der Waals surface area contributed by atoms with Crippen molar-refractivity contribution in [2.75, 3.05) is 20.3 Å². The fourth-order valence-corrected chi connectivity index (χ4v) is 12.0. The molecule has 5 atom stereocenters. The summed E-state index contributed by atoms with van der Waals surface area (Å²) in [5.41, 5.74) is 1.98. The monoisotopic (exact) mass is 768 g/mol. The maximum absolute atomic E-state index is 12.2. The summed E-state index contributed by atoms with van der Waals surface area (Å²) in [6.45, 7) is 7.94. The van der Waals surface area contributed by atoms with Crippen LogP contribution in [0, 0.1) is 0 Å². The summed E-state index contributed by atoms with van der Waals surface area (Å²) in [5.74, 6) is -0.157. The van der Waals surface area contributed by atoms with Crippen molar-refractivity contribution in [2.45, 2.75) is 115 Å². The Hall–Kier alpha value is -3.67. The van der Waals surface area contributed by atoms with Crippen LogP contribution in [0.4, 0.5) is 0 Å². The van der Waals surface area contributed by atoms with Gasteiger partial charge in [0.25, 0.3) is 8.32 Å². The van der Waals surface area contributed by atoms with E-state index in [1.54, 1.807) is 0 Å². The van der Waals surface area contributed by atoms with Crippen molar-refractivity contribution >= 4 is 24.7 Å². The van der Waals surface area contributed by atoms with Crippen molar-refractivity contribution in [1.29, 1.82) is 0 Å². The second-order valence-corrected chi connectivity index (χ2v) is 19.7. The molecule has 0 saturated carbocycles. The lowest BCUT2D eigenvalue weighted by Crippen LogP contribution is -2.68. The normalized spacial score (nSPS) is 20.3. The van der Waals surface area contributed by atoms with Gasteiger partial charge < -0.3 is 33.2 Å². The molecule has 8 nitrogen and oxygen atoms in total. The summed E-state index contributed by atoms with van der Waals surface area (Å²) in [6, 6.07) is 40.9. The van der Waals surface area contributed by atoms with E-state index in [4.69, 9.17) is 28.1 Å². The predicted octanol–water partition coefficient (Wildman–Crippen LogP) is 7.74. The highest BCUT2D eigenvalue weighted by Gasteiger charge is 2.53. The molecule has 296 valence electrons. The van der Waals surface area contributed by atoms with E-state index in [2.05, 4.69) is 69.3 Å². The van der Waals surface area contributed by atoms with Crippen LogP contribution in [0.1, 0.15) is 76.8 Å². The van der Waals surface area contributed by atoms with Gasteiger partial charge in [0.1, 0.15) is 24.4 Å². The first-order valence-electron chi connectivity index (χ1n) is 19.8. The van der Waals surface area contributed by atoms with Crippen LogP contribution >= 0.6 is 0 Å². The third-order valence-corrected chi connectivity index (χ3v) is 15.4. The summed E-state index contributed by atoms with van der Waals surface area (Å²) < 4.78 is 38.5. The van der Waals surface area contributed by atoms with Crippen LogP contribution < -0.4 is 10.4 Å². The number of aliphatic hydroxyl groups is 1. The van der Waals surface area contributed by atoms with E-state index >= 15 is 0 Å². The number of benzene rings is 4. The minimum absolute atomic E-state index is 0.157. The first-order valence-corrected chi connectivity index (χ1v) is 21.7. The van der Waals surface area contributed by atoms with E-state index in [0.717, 1.165) is 60.0 Å². The van der Waals surface area contributed by atoms with Crippen molar-refractivity contribution in [1.82, 2.24) is 0 Å². The highest BCUT2D eigenvalue weighted by Crippen LogP contribution is 2.38. The fraction of sp³-hybridized carbons (Fsp3) is 0.457. The van der Waals surface area contributed by atoms with E-state index in [1.165, 1.54) is 7.11 Å². The molecule has 0 bridgehead atoms. The van der Waals surface area contributed by atoms with Gasteiger partial charge in [0.2, 0.25) is 0 Å². The lowest BCUT2D eigenvalue weighted by atomic mass is 9.98. The average molecular weight is 769 g/mol. The van der Waals surface area contributed by atoms with Crippen LogP contribution in [-0.2, 0) is 46.1 Å². The number of rotatable bonds is 21. The maximum Gasteiger partial charge on any atom is 0.305 e.